The van der Waals surface area contributed by atoms with Crippen LogP contribution in [0, 0.1) is 11.3 Å². The minimum absolute atomic E-state index is 0.259. The maximum atomic E-state index is 9.21. The highest BCUT2D eigenvalue weighted by Crippen LogP contribution is 2.25. The van der Waals surface area contributed by atoms with Gasteiger partial charge in [-0.05, 0) is 36.4 Å². The molecule has 4 nitrogen and oxygen atoms in total. The number of hydrogen-bond donors (Lipinski definition) is 1. The highest BCUT2D eigenvalue weighted by molar-refractivity contribution is 6.36. The number of halogens is 3. The third-order valence-corrected chi connectivity index (χ3v) is 5.05. The Morgan fingerprint density at radius 2 is 1.76 bits per heavy atom. The SMILES string of the molecule is N#Cc1ccccc1COc1ccc(Cl)cc1/C=N/NCc1c(Cl)cccc1Cl. The molecule has 0 saturated heterocycles. The topological polar surface area (TPSA) is 57.4 Å². The van der Waals surface area contributed by atoms with Crippen LogP contribution in [0.25, 0.3) is 0 Å². The van der Waals surface area contributed by atoms with Crippen molar-refractivity contribution in [3.8, 4) is 11.8 Å². The Labute approximate surface area is 184 Å². The molecular formula is C22H16Cl3N3O. The zero-order chi connectivity index (χ0) is 20.6. The summed E-state index contributed by atoms with van der Waals surface area (Å²) in [5.74, 6) is 0.600. The average Bonchev–Trinajstić information content (AvgIpc) is 2.72. The molecule has 0 heterocycles. The predicted molar refractivity (Wildman–Crippen MR) is 118 cm³/mol. The molecule has 7 heteroatoms. The van der Waals surface area contributed by atoms with Crippen LogP contribution in [-0.4, -0.2) is 6.21 Å². The fourth-order valence-corrected chi connectivity index (χ4v) is 3.32. The van der Waals surface area contributed by atoms with E-state index >= 15 is 0 Å². The number of hydrazone groups is 1. The molecule has 146 valence electrons. The second-order valence-electron chi connectivity index (χ2n) is 6.03. The molecule has 0 aliphatic carbocycles. The van der Waals surface area contributed by atoms with Crippen LogP contribution in [0.2, 0.25) is 15.1 Å². The van der Waals surface area contributed by atoms with E-state index in [0.717, 1.165) is 11.1 Å². The Hall–Kier alpha value is -2.71. The molecule has 0 bridgehead atoms. The monoisotopic (exact) mass is 443 g/mol. The Balaban J connectivity index is 1.70. The number of hydrogen-bond acceptors (Lipinski definition) is 4. The van der Waals surface area contributed by atoms with Crippen molar-refractivity contribution in [1.82, 2.24) is 5.43 Å². The van der Waals surface area contributed by atoms with Gasteiger partial charge in [-0.2, -0.15) is 10.4 Å². The number of nitrogens with one attached hydrogen (secondary N) is 1. The molecule has 3 rings (SSSR count). The van der Waals surface area contributed by atoms with Crippen molar-refractivity contribution in [2.75, 3.05) is 0 Å². The molecule has 0 aliphatic rings. The Morgan fingerprint density at radius 1 is 1.00 bits per heavy atom. The van der Waals surface area contributed by atoms with Crippen LogP contribution in [0.15, 0.2) is 65.8 Å². The molecule has 0 unspecified atom stereocenters. The zero-order valence-corrected chi connectivity index (χ0v) is 17.5. The second-order valence-corrected chi connectivity index (χ2v) is 7.28. The van der Waals surface area contributed by atoms with E-state index < -0.39 is 0 Å². The molecule has 3 aromatic rings. The lowest BCUT2D eigenvalue weighted by Gasteiger charge is -2.11. The van der Waals surface area contributed by atoms with Crippen molar-refractivity contribution in [3.05, 3.63) is 98.0 Å². The maximum absolute atomic E-state index is 9.21. The van der Waals surface area contributed by atoms with Crippen molar-refractivity contribution in [2.45, 2.75) is 13.2 Å². The summed E-state index contributed by atoms with van der Waals surface area (Å²) in [6.07, 6.45) is 1.61. The lowest BCUT2D eigenvalue weighted by Crippen LogP contribution is -2.07. The zero-order valence-electron chi connectivity index (χ0n) is 15.2. The first-order chi connectivity index (χ1) is 14.1. The first kappa shape index (κ1) is 21.0. The minimum Gasteiger partial charge on any atom is -0.488 e. The minimum atomic E-state index is 0.259. The molecule has 0 atom stereocenters. The van der Waals surface area contributed by atoms with E-state index in [-0.39, 0.29) is 6.61 Å². The average molecular weight is 445 g/mol. The number of ether oxygens (including phenoxy) is 1. The van der Waals surface area contributed by atoms with Gasteiger partial charge in [-0.1, -0.05) is 59.1 Å². The van der Waals surface area contributed by atoms with E-state index in [1.807, 2.05) is 18.2 Å². The Morgan fingerprint density at radius 3 is 2.52 bits per heavy atom. The van der Waals surface area contributed by atoms with Crippen molar-refractivity contribution in [3.63, 3.8) is 0 Å². The Kier molecular flexibility index (Phi) is 7.37. The highest BCUT2D eigenvalue weighted by Gasteiger charge is 2.07. The summed E-state index contributed by atoms with van der Waals surface area (Å²) in [5.41, 5.74) is 5.78. The highest BCUT2D eigenvalue weighted by atomic mass is 35.5. The van der Waals surface area contributed by atoms with Gasteiger partial charge >= 0.3 is 0 Å². The van der Waals surface area contributed by atoms with Gasteiger partial charge < -0.3 is 10.2 Å². The van der Waals surface area contributed by atoms with E-state index in [4.69, 9.17) is 39.5 Å². The van der Waals surface area contributed by atoms with Gasteiger partial charge in [0.2, 0.25) is 0 Å². The number of benzene rings is 3. The van der Waals surface area contributed by atoms with Gasteiger partial charge in [-0.3, -0.25) is 0 Å². The molecule has 0 aliphatic heterocycles. The molecule has 0 radical (unpaired) electrons. The van der Waals surface area contributed by atoms with Gasteiger partial charge in [0, 0.05) is 31.8 Å². The fourth-order valence-electron chi connectivity index (χ4n) is 2.60. The smallest absolute Gasteiger partial charge is 0.128 e. The summed E-state index contributed by atoms with van der Waals surface area (Å²) < 4.78 is 5.90. The van der Waals surface area contributed by atoms with Crippen molar-refractivity contribution in [2.24, 2.45) is 5.10 Å². The summed E-state index contributed by atoms with van der Waals surface area (Å²) in [5, 5.41) is 15.1. The molecule has 0 aromatic heterocycles. The summed E-state index contributed by atoms with van der Waals surface area (Å²) >= 11 is 18.4. The molecule has 29 heavy (non-hydrogen) atoms. The van der Waals surface area contributed by atoms with Crippen LogP contribution in [0.5, 0.6) is 5.75 Å². The molecular weight excluding hydrogens is 429 g/mol. The van der Waals surface area contributed by atoms with Crippen LogP contribution in [0.3, 0.4) is 0 Å². The molecule has 3 aromatic carbocycles. The van der Waals surface area contributed by atoms with Crippen LogP contribution in [0.4, 0.5) is 0 Å². The van der Waals surface area contributed by atoms with Gasteiger partial charge in [0.25, 0.3) is 0 Å². The normalized spacial score (nSPS) is 10.7. The molecule has 0 amide bonds. The first-order valence-electron chi connectivity index (χ1n) is 8.67. The van der Waals surface area contributed by atoms with Crippen LogP contribution >= 0.6 is 34.8 Å². The first-order valence-corrected chi connectivity index (χ1v) is 9.81. The summed E-state index contributed by atoms with van der Waals surface area (Å²) in [7, 11) is 0. The number of nitrogens with zero attached hydrogens (tertiary/aromatic N) is 2. The van der Waals surface area contributed by atoms with E-state index in [0.29, 0.717) is 38.5 Å². The molecule has 1 N–H and O–H groups in total. The number of nitriles is 1. The van der Waals surface area contributed by atoms with Crippen LogP contribution in [0.1, 0.15) is 22.3 Å². The van der Waals surface area contributed by atoms with Crippen LogP contribution < -0.4 is 10.2 Å². The van der Waals surface area contributed by atoms with E-state index in [2.05, 4.69) is 16.6 Å². The molecule has 0 fully saturated rings. The van der Waals surface area contributed by atoms with Gasteiger partial charge in [-0.15, -0.1) is 0 Å². The third-order valence-electron chi connectivity index (χ3n) is 4.11. The Bertz CT molecular complexity index is 1060. The van der Waals surface area contributed by atoms with E-state index in [1.54, 1.807) is 48.7 Å². The van der Waals surface area contributed by atoms with Crippen molar-refractivity contribution in [1.29, 1.82) is 5.26 Å². The summed E-state index contributed by atoms with van der Waals surface area (Å²) in [6.45, 7) is 0.635. The summed E-state index contributed by atoms with van der Waals surface area (Å²) in [4.78, 5) is 0. The van der Waals surface area contributed by atoms with Crippen molar-refractivity contribution >= 4 is 41.0 Å². The quantitative estimate of drug-likeness (QED) is 0.347. The van der Waals surface area contributed by atoms with Gasteiger partial charge in [0.15, 0.2) is 0 Å². The molecule has 0 spiro atoms. The maximum Gasteiger partial charge on any atom is 0.128 e. The fraction of sp³-hybridized carbons (Fsp3) is 0.0909. The van der Waals surface area contributed by atoms with Crippen LogP contribution in [-0.2, 0) is 13.2 Å². The second kappa shape index (κ2) is 10.2. The van der Waals surface area contributed by atoms with Gasteiger partial charge in [0.05, 0.1) is 24.4 Å². The summed E-state index contributed by atoms with van der Waals surface area (Å²) in [6, 6.07) is 20.1. The predicted octanol–water partition coefficient (Wildman–Crippen LogP) is 6.22. The van der Waals surface area contributed by atoms with Gasteiger partial charge in [-0.25, -0.2) is 0 Å². The largest absolute Gasteiger partial charge is 0.488 e. The standard InChI is InChI=1S/C22H16Cl3N3O/c23-18-8-9-22(29-14-16-5-2-1-4-15(16)11-26)17(10-18)12-27-28-13-19-20(24)6-3-7-21(19)25/h1-10,12,28H,13-14H2/b27-12+. The number of rotatable bonds is 7. The third kappa shape index (κ3) is 5.65. The lowest BCUT2D eigenvalue weighted by molar-refractivity contribution is 0.305. The van der Waals surface area contributed by atoms with Gasteiger partial charge in [0.1, 0.15) is 12.4 Å². The van der Waals surface area contributed by atoms with E-state index in [1.165, 1.54) is 0 Å². The van der Waals surface area contributed by atoms with Crippen molar-refractivity contribution < 1.29 is 4.74 Å². The molecule has 0 saturated carbocycles. The van der Waals surface area contributed by atoms with E-state index in [9.17, 15) is 5.26 Å². The lowest BCUT2D eigenvalue weighted by atomic mass is 10.1.